The van der Waals surface area contributed by atoms with E-state index in [-0.39, 0.29) is 6.61 Å². The van der Waals surface area contributed by atoms with Gasteiger partial charge in [0.25, 0.3) is 0 Å². The molecule has 1 aliphatic rings. The number of nitrogens with zero attached hydrogens (tertiary/aromatic N) is 2. The lowest BCUT2D eigenvalue weighted by atomic mass is 10.0. The van der Waals surface area contributed by atoms with Gasteiger partial charge in [-0.15, -0.1) is 0 Å². The number of hydrogen-bond acceptors (Lipinski definition) is 7. The SMILES string of the molecule is CCCCCCCCCCCCCCCCOCC(COP(=O)(O)Oc1cccc(CN2C=CN(C)C2)c1)OC. The first kappa shape index (κ1) is 34.6. The molecule has 2 rings (SSSR count). The van der Waals surface area contributed by atoms with E-state index < -0.39 is 13.9 Å². The molecule has 0 fully saturated rings. The van der Waals surface area contributed by atoms with Gasteiger partial charge in [-0.2, -0.15) is 0 Å². The van der Waals surface area contributed by atoms with Crippen LogP contribution in [0.25, 0.3) is 0 Å². The largest absolute Gasteiger partial charge is 0.527 e. The summed E-state index contributed by atoms with van der Waals surface area (Å²) in [4.78, 5) is 14.4. The summed E-state index contributed by atoms with van der Waals surface area (Å²) >= 11 is 0. The Bertz CT molecular complexity index is 855. The zero-order valence-corrected chi connectivity index (χ0v) is 26.2. The van der Waals surface area contributed by atoms with Crippen molar-refractivity contribution in [3.63, 3.8) is 0 Å². The Morgan fingerprint density at radius 1 is 0.900 bits per heavy atom. The first-order valence-electron chi connectivity index (χ1n) is 15.4. The van der Waals surface area contributed by atoms with Gasteiger partial charge in [0.15, 0.2) is 0 Å². The number of phosphoric acid groups is 1. The van der Waals surface area contributed by atoms with E-state index >= 15 is 0 Å². The fraction of sp³-hybridized carbons (Fsp3) is 0.742. The second-order valence-electron chi connectivity index (χ2n) is 11.0. The standard InChI is InChI=1S/C31H55N2O6P/c1-4-5-6-7-8-9-10-11-12-13-14-15-16-17-23-37-26-31(36-3)27-38-40(34,35)39-30-20-18-19-29(24-30)25-33-22-21-32(2)28-33/h18-22,24,31H,4-17,23,25-28H2,1-3H3,(H,34,35). The molecule has 0 aliphatic carbocycles. The molecule has 0 amide bonds. The molecule has 1 heterocycles. The smallest absolute Gasteiger partial charge is 0.404 e. The third kappa shape index (κ3) is 16.6. The van der Waals surface area contributed by atoms with Crippen molar-refractivity contribution in [1.82, 2.24) is 9.80 Å². The molecule has 230 valence electrons. The van der Waals surface area contributed by atoms with Crippen LogP contribution in [0.5, 0.6) is 5.75 Å². The monoisotopic (exact) mass is 582 g/mol. The van der Waals surface area contributed by atoms with Crippen LogP contribution in [0.2, 0.25) is 0 Å². The molecule has 1 aromatic carbocycles. The van der Waals surface area contributed by atoms with Crippen molar-refractivity contribution >= 4 is 7.82 Å². The van der Waals surface area contributed by atoms with Crippen molar-refractivity contribution in [3.05, 3.63) is 42.2 Å². The van der Waals surface area contributed by atoms with Crippen LogP contribution >= 0.6 is 7.82 Å². The van der Waals surface area contributed by atoms with Gasteiger partial charge >= 0.3 is 7.82 Å². The predicted octanol–water partition coefficient (Wildman–Crippen LogP) is 7.87. The Morgan fingerprint density at radius 3 is 2.10 bits per heavy atom. The van der Waals surface area contributed by atoms with Gasteiger partial charge < -0.3 is 23.8 Å². The topological polar surface area (TPSA) is 80.7 Å². The van der Waals surface area contributed by atoms with Crippen LogP contribution in [-0.4, -0.2) is 61.4 Å². The fourth-order valence-corrected chi connectivity index (χ4v) is 5.55. The lowest BCUT2D eigenvalue weighted by Crippen LogP contribution is -2.24. The molecule has 0 radical (unpaired) electrons. The van der Waals surface area contributed by atoms with Crippen LogP contribution in [0.15, 0.2) is 36.7 Å². The summed E-state index contributed by atoms with van der Waals surface area (Å²) in [5.41, 5.74) is 0.976. The first-order valence-corrected chi connectivity index (χ1v) is 16.9. The van der Waals surface area contributed by atoms with Crippen LogP contribution in [0.1, 0.15) is 102 Å². The van der Waals surface area contributed by atoms with E-state index in [0.29, 0.717) is 25.5 Å². The molecule has 9 heteroatoms. The van der Waals surface area contributed by atoms with Gasteiger partial charge in [0.2, 0.25) is 0 Å². The Balaban J connectivity index is 1.49. The number of unbranched alkanes of at least 4 members (excludes halogenated alkanes) is 13. The van der Waals surface area contributed by atoms with Gasteiger partial charge in [-0.3, -0.25) is 9.42 Å². The normalized spacial score (nSPS) is 15.5. The highest BCUT2D eigenvalue weighted by atomic mass is 31.2. The molecule has 2 atom stereocenters. The van der Waals surface area contributed by atoms with Gasteiger partial charge in [-0.1, -0.05) is 103 Å². The molecule has 40 heavy (non-hydrogen) atoms. The molecule has 1 aliphatic heterocycles. The molecule has 0 saturated heterocycles. The molecule has 2 unspecified atom stereocenters. The van der Waals surface area contributed by atoms with Crippen LogP contribution in [0.3, 0.4) is 0 Å². The highest BCUT2D eigenvalue weighted by molar-refractivity contribution is 7.47. The Labute approximate surface area is 243 Å². The quantitative estimate of drug-likeness (QED) is 0.0921. The molecule has 0 spiro atoms. The van der Waals surface area contributed by atoms with E-state index in [1.54, 1.807) is 25.3 Å². The average Bonchev–Trinajstić information content (AvgIpc) is 3.34. The van der Waals surface area contributed by atoms with Crippen LogP contribution < -0.4 is 4.52 Å². The maximum atomic E-state index is 12.5. The maximum Gasteiger partial charge on any atom is 0.527 e. The van der Waals surface area contributed by atoms with Crippen LogP contribution in [0, 0.1) is 0 Å². The minimum Gasteiger partial charge on any atom is -0.404 e. The summed E-state index contributed by atoms with van der Waals surface area (Å²) in [5.74, 6) is 0.294. The van der Waals surface area contributed by atoms with E-state index in [0.717, 1.165) is 25.1 Å². The Hall–Kier alpha value is -1.57. The van der Waals surface area contributed by atoms with Crippen molar-refractivity contribution in [2.45, 2.75) is 109 Å². The predicted molar refractivity (Wildman–Crippen MR) is 162 cm³/mol. The number of methoxy groups -OCH3 is 1. The molecule has 0 bridgehead atoms. The number of phosphoric ester groups is 1. The minimum atomic E-state index is -4.29. The summed E-state index contributed by atoms with van der Waals surface area (Å²) in [5, 5.41) is 0. The number of rotatable bonds is 25. The molecular weight excluding hydrogens is 527 g/mol. The lowest BCUT2D eigenvalue weighted by Gasteiger charge is -2.20. The fourth-order valence-electron chi connectivity index (χ4n) is 4.76. The summed E-state index contributed by atoms with van der Waals surface area (Å²) in [6.07, 6.45) is 22.1. The number of hydrogen-bond donors (Lipinski definition) is 1. The van der Waals surface area contributed by atoms with Crippen LogP contribution in [0.4, 0.5) is 0 Å². The number of benzene rings is 1. The van der Waals surface area contributed by atoms with Crippen LogP contribution in [-0.2, 0) is 25.1 Å². The lowest BCUT2D eigenvalue weighted by molar-refractivity contribution is -0.0197. The second-order valence-corrected chi connectivity index (χ2v) is 12.4. The second kappa shape index (κ2) is 21.2. The van der Waals surface area contributed by atoms with Crippen molar-refractivity contribution in [3.8, 4) is 5.75 Å². The number of ether oxygens (including phenoxy) is 2. The average molecular weight is 583 g/mol. The summed E-state index contributed by atoms with van der Waals surface area (Å²) in [7, 11) is -0.744. The third-order valence-corrected chi connectivity index (χ3v) is 8.06. The Kier molecular flexibility index (Phi) is 18.3. The van der Waals surface area contributed by atoms with Crippen molar-refractivity contribution in [2.24, 2.45) is 0 Å². The summed E-state index contributed by atoms with van der Waals surface area (Å²) < 4.78 is 34.1. The van der Waals surface area contributed by atoms with Gasteiger partial charge in [0.05, 0.1) is 19.9 Å². The zero-order chi connectivity index (χ0) is 28.9. The molecule has 0 saturated carbocycles. The van der Waals surface area contributed by atoms with Crippen molar-refractivity contribution in [1.29, 1.82) is 0 Å². The van der Waals surface area contributed by atoms with Crippen molar-refractivity contribution < 1.29 is 28.0 Å². The van der Waals surface area contributed by atoms with Gasteiger partial charge in [-0.25, -0.2) is 4.57 Å². The minimum absolute atomic E-state index is 0.0897. The Morgan fingerprint density at radius 2 is 1.52 bits per heavy atom. The molecule has 1 aromatic rings. The third-order valence-electron chi connectivity index (χ3n) is 7.14. The van der Waals surface area contributed by atoms with Gasteiger partial charge in [0, 0.05) is 39.7 Å². The highest BCUT2D eigenvalue weighted by Crippen LogP contribution is 2.44. The first-order chi connectivity index (χ1) is 19.4. The summed E-state index contributed by atoms with van der Waals surface area (Å²) in [6, 6.07) is 7.16. The van der Waals surface area contributed by atoms with E-state index in [2.05, 4.69) is 16.7 Å². The molecule has 1 N–H and O–H groups in total. The highest BCUT2D eigenvalue weighted by Gasteiger charge is 2.25. The van der Waals surface area contributed by atoms with Gasteiger partial charge in [0.1, 0.15) is 11.9 Å². The van der Waals surface area contributed by atoms with E-state index in [9.17, 15) is 9.46 Å². The van der Waals surface area contributed by atoms with E-state index in [4.69, 9.17) is 18.5 Å². The van der Waals surface area contributed by atoms with E-state index in [1.807, 2.05) is 25.5 Å². The van der Waals surface area contributed by atoms with Crippen molar-refractivity contribution in [2.75, 3.05) is 40.6 Å². The maximum absolute atomic E-state index is 12.5. The van der Waals surface area contributed by atoms with Gasteiger partial charge in [-0.05, 0) is 24.1 Å². The molecule has 8 nitrogen and oxygen atoms in total. The van der Waals surface area contributed by atoms with E-state index in [1.165, 1.54) is 77.0 Å². The summed E-state index contributed by atoms with van der Waals surface area (Å²) in [6.45, 7) is 4.62. The molecular formula is C31H55N2O6P. The zero-order valence-electron chi connectivity index (χ0n) is 25.3. The molecule has 0 aromatic heterocycles.